The zero-order valence-electron chi connectivity index (χ0n) is 9.28. The normalized spacial score (nSPS) is 16.1. The summed E-state index contributed by atoms with van der Waals surface area (Å²) in [5.74, 6) is -0.0735. The third-order valence-electron chi connectivity index (χ3n) is 2.70. The Labute approximate surface area is 88.6 Å². The van der Waals surface area contributed by atoms with Gasteiger partial charge in [0.2, 0.25) is 0 Å². The highest BCUT2D eigenvalue weighted by Gasteiger charge is 2.26. The molecule has 1 aliphatic heterocycles. The molecule has 0 bridgehead atoms. The van der Waals surface area contributed by atoms with E-state index in [1.165, 1.54) is 5.06 Å². The fourth-order valence-electron chi connectivity index (χ4n) is 1.82. The van der Waals surface area contributed by atoms with Crippen LogP contribution in [-0.2, 0) is 11.9 Å². The van der Waals surface area contributed by atoms with E-state index in [-0.39, 0.29) is 5.91 Å². The Morgan fingerprint density at radius 3 is 2.67 bits per heavy atom. The average Bonchev–Trinajstić information content (AvgIpc) is 2.76. The fraction of sp³-hybridized carbons (Fsp3) is 0.600. The number of amides is 1. The summed E-state index contributed by atoms with van der Waals surface area (Å²) in [5.41, 5.74) is 2.31. The standard InChI is InChI=1S/C10H15N3O2/c1-7-9(8(2)12(3)11-7)10(14)13-5-4-6-15-13/h4-6H2,1-3H3. The Bertz CT molecular complexity index is 392. The van der Waals surface area contributed by atoms with Gasteiger partial charge >= 0.3 is 0 Å². The van der Waals surface area contributed by atoms with Crippen LogP contribution in [0.5, 0.6) is 0 Å². The summed E-state index contributed by atoms with van der Waals surface area (Å²) in [6.07, 6.45) is 0.907. The molecule has 0 radical (unpaired) electrons. The van der Waals surface area contributed by atoms with Crippen molar-refractivity contribution in [2.75, 3.05) is 13.2 Å². The van der Waals surface area contributed by atoms with E-state index in [0.29, 0.717) is 18.7 Å². The van der Waals surface area contributed by atoms with E-state index in [1.54, 1.807) is 4.68 Å². The molecule has 0 atom stereocenters. The van der Waals surface area contributed by atoms with Crippen molar-refractivity contribution in [3.8, 4) is 0 Å². The lowest BCUT2D eigenvalue weighted by atomic mass is 10.2. The van der Waals surface area contributed by atoms with Gasteiger partial charge in [-0.2, -0.15) is 5.10 Å². The van der Waals surface area contributed by atoms with Gasteiger partial charge in [0.1, 0.15) is 0 Å². The highest BCUT2D eigenvalue weighted by atomic mass is 16.7. The van der Waals surface area contributed by atoms with Crippen LogP contribution in [0.15, 0.2) is 0 Å². The molecule has 82 valence electrons. The summed E-state index contributed by atoms with van der Waals surface area (Å²) >= 11 is 0. The van der Waals surface area contributed by atoms with Crippen LogP contribution in [0.25, 0.3) is 0 Å². The van der Waals surface area contributed by atoms with Crippen molar-refractivity contribution < 1.29 is 9.63 Å². The summed E-state index contributed by atoms with van der Waals surface area (Å²) in [4.78, 5) is 17.3. The molecule has 0 aliphatic carbocycles. The molecular weight excluding hydrogens is 194 g/mol. The number of carbonyl (C=O) groups is 1. The minimum Gasteiger partial charge on any atom is -0.272 e. The summed E-state index contributed by atoms with van der Waals surface area (Å²) in [6.45, 7) is 5.04. The molecule has 1 amide bonds. The zero-order chi connectivity index (χ0) is 11.0. The first-order valence-electron chi connectivity index (χ1n) is 5.06. The minimum atomic E-state index is -0.0735. The highest BCUT2D eigenvalue weighted by molar-refractivity contribution is 5.95. The number of hydrogen-bond donors (Lipinski definition) is 0. The third kappa shape index (κ3) is 1.63. The summed E-state index contributed by atoms with van der Waals surface area (Å²) in [5, 5.41) is 5.64. The SMILES string of the molecule is Cc1nn(C)c(C)c1C(=O)N1CCCO1. The number of aromatic nitrogens is 2. The van der Waals surface area contributed by atoms with Gasteiger partial charge in [0.05, 0.1) is 24.4 Å². The summed E-state index contributed by atoms with van der Waals surface area (Å²) < 4.78 is 1.72. The maximum absolute atomic E-state index is 12.0. The minimum absolute atomic E-state index is 0.0735. The molecular formula is C10H15N3O2. The largest absolute Gasteiger partial charge is 0.281 e. The molecule has 1 fully saturated rings. The van der Waals surface area contributed by atoms with Crippen molar-refractivity contribution in [2.24, 2.45) is 7.05 Å². The molecule has 0 N–H and O–H groups in total. The predicted molar refractivity (Wildman–Crippen MR) is 54.3 cm³/mol. The van der Waals surface area contributed by atoms with Gasteiger partial charge in [0.15, 0.2) is 0 Å². The number of nitrogens with zero attached hydrogens (tertiary/aromatic N) is 3. The molecule has 2 heterocycles. The van der Waals surface area contributed by atoms with E-state index in [0.717, 1.165) is 17.8 Å². The van der Waals surface area contributed by atoms with Crippen molar-refractivity contribution in [3.63, 3.8) is 0 Å². The maximum Gasteiger partial charge on any atom is 0.281 e. The van der Waals surface area contributed by atoms with Gasteiger partial charge < -0.3 is 0 Å². The molecule has 5 nitrogen and oxygen atoms in total. The van der Waals surface area contributed by atoms with Crippen LogP contribution in [0, 0.1) is 13.8 Å². The Morgan fingerprint density at radius 2 is 2.20 bits per heavy atom. The van der Waals surface area contributed by atoms with Gasteiger partial charge in [-0.05, 0) is 20.3 Å². The number of carbonyl (C=O) groups excluding carboxylic acids is 1. The molecule has 5 heteroatoms. The molecule has 15 heavy (non-hydrogen) atoms. The summed E-state index contributed by atoms with van der Waals surface area (Å²) in [6, 6.07) is 0. The molecule has 0 spiro atoms. The lowest BCUT2D eigenvalue weighted by Crippen LogP contribution is -2.27. The Kier molecular flexibility index (Phi) is 2.48. The molecule has 0 unspecified atom stereocenters. The van der Waals surface area contributed by atoms with Gasteiger partial charge in [-0.15, -0.1) is 0 Å². The first-order chi connectivity index (χ1) is 7.11. The fourth-order valence-corrected chi connectivity index (χ4v) is 1.82. The number of rotatable bonds is 1. The van der Waals surface area contributed by atoms with Crippen LogP contribution in [0.1, 0.15) is 28.2 Å². The zero-order valence-corrected chi connectivity index (χ0v) is 9.28. The first kappa shape index (κ1) is 10.2. The summed E-state index contributed by atoms with van der Waals surface area (Å²) in [7, 11) is 1.84. The highest BCUT2D eigenvalue weighted by Crippen LogP contribution is 2.17. The molecule has 1 aromatic rings. The third-order valence-corrected chi connectivity index (χ3v) is 2.70. The van der Waals surface area contributed by atoms with Crippen molar-refractivity contribution in [1.29, 1.82) is 0 Å². The van der Waals surface area contributed by atoms with Crippen LogP contribution >= 0.6 is 0 Å². The lowest BCUT2D eigenvalue weighted by molar-refractivity contribution is -0.0769. The second kappa shape index (κ2) is 3.66. The van der Waals surface area contributed by atoms with Crippen LogP contribution in [0.3, 0.4) is 0 Å². The van der Waals surface area contributed by atoms with Crippen molar-refractivity contribution in [2.45, 2.75) is 20.3 Å². The van der Waals surface area contributed by atoms with Gasteiger partial charge in [-0.3, -0.25) is 14.3 Å². The molecule has 2 rings (SSSR count). The van der Waals surface area contributed by atoms with Crippen molar-refractivity contribution in [3.05, 3.63) is 17.0 Å². The van der Waals surface area contributed by atoms with Crippen LogP contribution in [0.4, 0.5) is 0 Å². The number of hydrogen-bond acceptors (Lipinski definition) is 3. The average molecular weight is 209 g/mol. The van der Waals surface area contributed by atoms with E-state index >= 15 is 0 Å². The second-order valence-corrected chi connectivity index (χ2v) is 3.76. The van der Waals surface area contributed by atoms with Gasteiger partial charge in [-0.25, -0.2) is 5.06 Å². The smallest absolute Gasteiger partial charge is 0.272 e. The van der Waals surface area contributed by atoms with E-state index in [9.17, 15) is 4.79 Å². The van der Waals surface area contributed by atoms with Crippen LogP contribution in [-0.4, -0.2) is 33.9 Å². The molecule has 1 aliphatic rings. The molecule has 1 saturated heterocycles. The first-order valence-corrected chi connectivity index (χ1v) is 5.06. The Morgan fingerprint density at radius 1 is 1.47 bits per heavy atom. The Hall–Kier alpha value is -1.36. The van der Waals surface area contributed by atoms with E-state index in [2.05, 4.69) is 5.10 Å². The maximum atomic E-state index is 12.0. The van der Waals surface area contributed by atoms with Crippen molar-refractivity contribution >= 4 is 5.91 Å². The number of aryl methyl sites for hydroxylation is 2. The van der Waals surface area contributed by atoms with Crippen LogP contribution < -0.4 is 0 Å². The van der Waals surface area contributed by atoms with Crippen LogP contribution in [0.2, 0.25) is 0 Å². The monoisotopic (exact) mass is 209 g/mol. The number of hydroxylamine groups is 2. The van der Waals surface area contributed by atoms with Gasteiger partial charge in [0, 0.05) is 12.7 Å². The molecule has 0 aromatic carbocycles. The topological polar surface area (TPSA) is 47.4 Å². The Balaban J connectivity index is 2.32. The molecule has 1 aromatic heterocycles. The quantitative estimate of drug-likeness (QED) is 0.687. The van der Waals surface area contributed by atoms with Gasteiger partial charge in [0.25, 0.3) is 5.91 Å². The lowest BCUT2D eigenvalue weighted by Gasteiger charge is -2.13. The predicted octanol–water partition coefficient (Wildman–Crippen LogP) is 0.814. The van der Waals surface area contributed by atoms with E-state index < -0.39 is 0 Å². The van der Waals surface area contributed by atoms with E-state index in [1.807, 2.05) is 20.9 Å². The van der Waals surface area contributed by atoms with E-state index in [4.69, 9.17) is 4.84 Å². The second-order valence-electron chi connectivity index (χ2n) is 3.76. The molecule has 0 saturated carbocycles. The van der Waals surface area contributed by atoms with Crippen molar-refractivity contribution in [1.82, 2.24) is 14.8 Å². The van der Waals surface area contributed by atoms with Gasteiger partial charge in [-0.1, -0.05) is 0 Å².